The van der Waals surface area contributed by atoms with E-state index in [-0.39, 0.29) is 5.92 Å². The van der Waals surface area contributed by atoms with Crippen molar-refractivity contribution in [2.24, 2.45) is 112 Å². The van der Waals surface area contributed by atoms with Crippen molar-refractivity contribution in [3.05, 3.63) is 373 Å². The van der Waals surface area contributed by atoms with Crippen LogP contribution >= 0.6 is 0 Å². The molecule has 0 aliphatic heterocycles. The Labute approximate surface area is 604 Å². The molecule has 28 atom stereocenters. The number of rotatable bonds is 0. The summed E-state index contributed by atoms with van der Waals surface area (Å²) < 4.78 is 0. The number of fused-ring (bicyclic) bond motifs is 7. The Kier molecular flexibility index (Phi) is 6.12. The second-order valence-corrected chi connectivity index (χ2v) is 40.2. The molecule has 0 N–H and O–H groups in total. The highest BCUT2D eigenvalue weighted by atomic mass is 14.8. The van der Waals surface area contributed by atoms with Gasteiger partial charge in [0.2, 0.25) is 0 Å². The highest BCUT2D eigenvalue weighted by molar-refractivity contribution is 6.19. The van der Waals surface area contributed by atoms with Crippen molar-refractivity contribution in [3.8, 4) is 0 Å². The minimum atomic E-state index is 0.288. The first kappa shape index (κ1) is 47.8. The lowest BCUT2D eigenvalue weighted by Crippen LogP contribution is -2.65. The molecule has 3 saturated carbocycles. The molecule has 105 heavy (non-hydrogen) atoms. The Bertz CT molecular complexity index is 7310. The maximum atomic E-state index is 2.98. The Morgan fingerprint density at radius 1 is 0.419 bits per heavy atom. The first-order valence-corrected chi connectivity index (χ1v) is 41.9. The molecule has 34 aliphatic carbocycles. The molecule has 0 saturated heterocycles. The van der Waals surface area contributed by atoms with Crippen LogP contribution in [0.5, 0.6) is 0 Å². The van der Waals surface area contributed by atoms with Crippen LogP contribution in [0.1, 0.15) is 139 Å². The Hall–Kier alpha value is -9.62. The van der Waals surface area contributed by atoms with Crippen LogP contribution in [0.25, 0.3) is 50.4 Å². The predicted molar refractivity (Wildman–Crippen MR) is 406 cm³/mol. The van der Waals surface area contributed by atoms with E-state index in [1.165, 1.54) is 6.42 Å². The van der Waals surface area contributed by atoms with Crippen molar-refractivity contribution < 1.29 is 0 Å². The van der Waals surface area contributed by atoms with E-state index in [2.05, 4.69) is 163 Å². The standard InChI is InChI=1S/C105H60/c1-6-30-23-36-24-37-25-38-29-52-43-9-2-7-31-26-49-44-13-4-11-41-40-10-3-12-42-48-21-19-35-28-51-46-15-5-14-45-50-27-34-17-16-32-22-33-18-20-47-39(8-1)53(30)71-59(36)74-60(37)75-61(38)78-70(52)84-72(54(31)43)67(49)85-80(63(41)44)79(62(40)42)83-66(48)58(35)77-69(51)87-81(64(45)46)86-68(50)76-56(34)55(32)73-57(33)65(47)82(71)94-88(73)91(76)102-98(86)105-99(87)103-92(77)95(83)97(85)96(84)104(103)93(78)101(105)90(75)100(102)89(74)94/h1-7,9-13,15-26,28-29,32,39,42,44,46,50,53,55,60-63,72,74-75,79-81,83,89,94-97,100,102,104-105H,8,14,27H2. The second kappa shape index (κ2) is 13.4. The van der Waals surface area contributed by atoms with Gasteiger partial charge in [-0.15, -0.1) is 0 Å². The SMILES string of the molecule is C1=CC2C3=Cc4cccc5c4C4C3=C3C6C7C4=C4C5=CC5=CC8=CC9=C%10C%11=C%12c%13c(ccc%14c%13=C%13C%15=C%16C%17=C%18C%19=C%20C%21C%22=C%23C(C5C4=C%22C7c4c%21c5c7c(cc%21ccc%22c%24c%21c7c4C6C%24C4C6C(=CC=CC%226)C(=C1)C2C34)C1C=CCC(=C1C%195)C%18CC1=C%17C%13C(C=C1)C=%14)C8C%10C(C%15%12)C%23C%16%20)C1CC=CC(=C9)C%111. The molecule has 0 spiro atoms. The van der Waals surface area contributed by atoms with Crippen LogP contribution in [0, 0.1) is 112 Å². The monoisotopic (exact) mass is 1320 g/mol. The van der Waals surface area contributed by atoms with E-state index >= 15 is 0 Å². The van der Waals surface area contributed by atoms with Crippen molar-refractivity contribution in [2.75, 3.05) is 0 Å². The molecule has 28 unspecified atom stereocenters. The van der Waals surface area contributed by atoms with E-state index in [0.29, 0.717) is 160 Å². The summed E-state index contributed by atoms with van der Waals surface area (Å²) in [6.45, 7) is 0. The zero-order valence-electron chi connectivity index (χ0n) is 57.3. The van der Waals surface area contributed by atoms with Crippen molar-refractivity contribution in [3.63, 3.8) is 0 Å². The maximum absolute atomic E-state index is 2.98. The minimum absolute atomic E-state index is 0.288. The molecule has 480 valence electrons. The summed E-state index contributed by atoms with van der Waals surface area (Å²) >= 11 is 0. The van der Waals surface area contributed by atoms with Crippen molar-refractivity contribution in [1.29, 1.82) is 0 Å². The van der Waals surface area contributed by atoms with Gasteiger partial charge in [-0.2, -0.15) is 0 Å². The molecule has 0 bridgehead atoms. The van der Waals surface area contributed by atoms with E-state index in [0.717, 1.165) is 12.8 Å². The van der Waals surface area contributed by atoms with Crippen molar-refractivity contribution in [2.45, 2.75) is 72.5 Å². The molecule has 0 heteroatoms. The molecule has 5 aromatic carbocycles. The normalized spacial score (nSPS) is 46.2. The molecule has 0 aromatic heterocycles. The van der Waals surface area contributed by atoms with Gasteiger partial charge in [-0.05, 0) is 358 Å². The van der Waals surface area contributed by atoms with Crippen LogP contribution in [0.4, 0.5) is 0 Å². The number of hydrogen-bond donors (Lipinski definition) is 0. The largest absolute Gasteiger partial charge is 0.0836 e. The van der Waals surface area contributed by atoms with Crippen molar-refractivity contribution >= 4 is 50.4 Å². The summed E-state index contributed by atoms with van der Waals surface area (Å²) in [5, 5.41) is 10.2. The lowest BCUT2D eigenvalue weighted by Gasteiger charge is -2.75. The van der Waals surface area contributed by atoms with Gasteiger partial charge in [0.15, 0.2) is 0 Å². The Balaban J connectivity index is 0.775. The minimum Gasteiger partial charge on any atom is -0.0836 e. The van der Waals surface area contributed by atoms with Gasteiger partial charge in [-0.1, -0.05) is 162 Å². The molecule has 34 aliphatic rings. The van der Waals surface area contributed by atoms with E-state index < -0.39 is 0 Å². The van der Waals surface area contributed by atoms with Crippen LogP contribution in [0.15, 0.2) is 296 Å². The van der Waals surface area contributed by atoms with Gasteiger partial charge in [0.25, 0.3) is 0 Å². The molecule has 5 aromatic rings. The number of hydrogen-bond acceptors (Lipinski definition) is 0. The van der Waals surface area contributed by atoms with Crippen molar-refractivity contribution in [1.82, 2.24) is 0 Å². The topological polar surface area (TPSA) is 0 Å². The first-order valence-electron chi connectivity index (χ1n) is 41.9. The molecule has 0 radical (unpaired) electrons. The molecule has 0 nitrogen and oxygen atoms in total. The van der Waals surface area contributed by atoms with E-state index in [9.17, 15) is 0 Å². The maximum Gasteiger partial charge on any atom is 0.0326 e. The van der Waals surface area contributed by atoms with E-state index in [1.54, 1.807) is 116 Å². The van der Waals surface area contributed by atoms with E-state index in [4.69, 9.17) is 0 Å². The lowest BCUT2D eigenvalue weighted by molar-refractivity contribution is 0.0335. The first-order chi connectivity index (χ1) is 52.2. The smallest absolute Gasteiger partial charge is 0.0326 e. The summed E-state index contributed by atoms with van der Waals surface area (Å²) in [7, 11) is 0. The fourth-order valence-electron chi connectivity index (χ4n) is 38.5. The van der Waals surface area contributed by atoms with Crippen LogP contribution in [-0.2, 0) is 0 Å². The second-order valence-electron chi connectivity index (χ2n) is 40.2. The summed E-state index contributed by atoms with van der Waals surface area (Å²) in [4.78, 5) is 0. The summed E-state index contributed by atoms with van der Waals surface area (Å²) in [6, 6.07) is 21.7. The molecule has 39 rings (SSSR count). The average molecular weight is 1320 g/mol. The highest BCUT2D eigenvalue weighted by Crippen LogP contribution is 2.91. The predicted octanol–water partition coefficient (Wildman–Crippen LogP) is 19.3. The zero-order valence-corrected chi connectivity index (χ0v) is 57.3. The van der Waals surface area contributed by atoms with Gasteiger partial charge in [0, 0.05) is 88.8 Å². The third kappa shape index (κ3) is 3.82. The van der Waals surface area contributed by atoms with Gasteiger partial charge in [-0.25, -0.2) is 0 Å². The summed E-state index contributed by atoms with van der Waals surface area (Å²) in [5.41, 5.74) is 76.8. The molecule has 0 heterocycles. The van der Waals surface area contributed by atoms with Crippen LogP contribution in [-0.4, -0.2) is 0 Å². The van der Waals surface area contributed by atoms with Gasteiger partial charge >= 0.3 is 0 Å². The fraction of sp³-hybridized carbons (Fsp3) is 0.295. The fourth-order valence-corrected chi connectivity index (χ4v) is 38.5. The molecular formula is C105H60. The average Bonchev–Trinajstić information content (AvgIpc) is 0.607. The summed E-state index contributed by atoms with van der Waals surface area (Å²) in [5.74, 6) is 11.8. The van der Waals surface area contributed by atoms with Gasteiger partial charge in [0.05, 0.1) is 0 Å². The Morgan fingerprint density at radius 3 is 2.27 bits per heavy atom. The summed E-state index contributed by atoms with van der Waals surface area (Å²) in [6.07, 6.45) is 53.3. The third-order valence-electron chi connectivity index (χ3n) is 39.2. The number of allylic oxidation sites excluding steroid dienone is 45. The van der Waals surface area contributed by atoms with E-state index in [1.807, 2.05) is 145 Å². The highest BCUT2D eigenvalue weighted by Gasteiger charge is 2.79. The quantitative estimate of drug-likeness (QED) is 0.107. The number of benzene rings is 5. The van der Waals surface area contributed by atoms with Crippen LogP contribution in [0.3, 0.4) is 0 Å². The van der Waals surface area contributed by atoms with Gasteiger partial charge in [0.1, 0.15) is 0 Å². The third-order valence-corrected chi connectivity index (χ3v) is 39.2. The zero-order chi connectivity index (χ0) is 64.4. The van der Waals surface area contributed by atoms with Gasteiger partial charge in [-0.3, -0.25) is 0 Å². The van der Waals surface area contributed by atoms with Crippen LogP contribution in [0.2, 0.25) is 0 Å². The molecular weight excluding hydrogens is 1260 g/mol. The molecule has 3 fully saturated rings. The Morgan fingerprint density at radius 2 is 1.29 bits per heavy atom. The van der Waals surface area contributed by atoms with Crippen LogP contribution < -0.4 is 10.4 Å². The molecule has 0 amide bonds. The lowest BCUT2D eigenvalue weighted by atomic mass is 9.28. The van der Waals surface area contributed by atoms with Gasteiger partial charge < -0.3 is 0 Å².